The van der Waals surface area contributed by atoms with Gasteiger partial charge in [-0.25, -0.2) is 13.6 Å². The summed E-state index contributed by atoms with van der Waals surface area (Å²) >= 11 is 0. The number of benzene rings is 3. The van der Waals surface area contributed by atoms with E-state index in [0.717, 1.165) is 16.8 Å². The molecule has 33 heavy (non-hydrogen) atoms. The first kappa shape index (κ1) is 23.0. The van der Waals surface area contributed by atoms with Crippen LogP contribution in [-0.4, -0.2) is 39.4 Å². The number of para-hydroxylation sites is 2. The van der Waals surface area contributed by atoms with E-state index in [9.17, 15) is 13.2 Å². The number of rotatable bonds is 6. The van der Waals surface area contributed by atoms with Crippen molar-refractivity contribution in [3.05, 3.63) is 90.0 Å². The van der Waals surface area contributed by atoms with E-state index in [0.29, 0.717) is 12.4 Å². The van der Waals surface area contributed by atoms with Crippen LogP contribution in [0.1, 0.15) is 30.1 Å². The molecule has 0 saturated carbocycles. The minimum atomic E-state index is -3.75. The summed E-state index contributed by atoms with van der Waals surface area (Å²) < 4.78 is 29.0. The fourth-order valence-electron chi connectivity index (χ4n) is 4.03. The van der Waals surface area contributed by atoms with Crippen molar-refractivity contribution in [1.82, 2.24) is 4.90 Å². The molecule has 0 aromatic heterocycles. The molecule has 2 N–H and O–H groups in total. The highest BCUT2D eigenvalue weighted by Crippen LogP contribution is 2.39. The molecule has 3 aromatic rings. The average Bonchev–Trinajstić information content (AvgIpc) is 2.82. The van der Waals surface area contributed by atoms with Crippen LogP contribution < -0.4 is 14.8 Å². The van der Waals surface area contributed by atoms with Crippen molar-refractivity contribution in [2.45, 2.75) is 23.9 Å². The Hall–Kier alpha value is -3.20. The van der Waals surface area contributed by atoms with E-state index in [1.807, 2.05) is 78.4 Å². The van der Waals surface area contributed by atoms with Gasteiger partial charge in [0.15, 0.2) is 0 Å². The summed E-state index contributed by atoms with van der Waals surface area (Å²) in [6.45, 7) is 2.53. The zero-order valence-electron chi connectivity index (χ0n) is 18.6. The minimum Gasteiger partial charge on any atom is -0.489 e. The van der Waals surface area contributed by atoms with Crippen molar-refractivity contribution in [2.75, 3.05) is 25.1 Å². The number of hydrogen-bond donors (Lipinski definition) is 1. The van der Waals surface area contributed by atoms with Crippen molar-refractivity contribution >= 4 is 21.6 Å². The molecule has 0 bridgehead atoms. The van der Waals surface area contributed by atoms with E-state index in [4.69, 9.17) is 9.88 Å². The first-order valence-corrected chi connectivity index (χ1v) is 12.2. The smallest absolute Gasteiger partial charge is 0.241 e. The van der Waals surface area contributed by atoms with Gasteiger partial charge in [-0.2, -0.15) is 0 Å². The van der Waals surface area contributed by atoms with Crippen LogP contribution in [0.3, 0.4) is 0 Å². The Bertz CT molecular complexity index is 1230. The molecule has 0 fully saturated rings. The van der Waals surface area contributed by atoms with Gasteiger partial charge in [-0.15, -0.1) is 0 Å². The zero-order valence-corrected chi connectivity index (χ0v) is 19.4. The average molecular weight is 466 g/mol. The van der Waals surface area contributed by atoms with Gasteiger partial charge in [-0.05, 0) is 49.4 Å². The Balaban J connectivity index is 1.57. The van der Waals surface area contributed by atoms with Gasteiger partial charge in [0.05, 0.1) is 23.2 Å². The number of primary sulfonamides is 1. The molecular formula is C25H27N3O4S. The molecule has 1 aliphatic rings. The second-order valence-corrected chi connectivity index (χ2v) is 9.74. The highest BCUT2D eigenvalue weighted by Gasteiger charge is 2.34. The van der Waals surface area contributed by atoms with Crippen LogP contribution in [0.4, 0.5) is 5.69 Å². The van der Waals surface area contributed by atoms with Crippen molar-refractivity contribution in [3.8, 4) is 5.75 Å². The fraction of sp³-hybridized carbons (Fsp3) is 0.240. The number of carbonyl (C=O) groups is 1. The van der Waals surface area contributed by atoms with Crippen molar-refractivity contribution < 1.29 is 17.9 Å². The van der Waals surface area contributed by atoms with E-state index in [1.165, 1.54) is 12.1 Å². The molecular weight excluding hydrogens is 438 g/mol. The minimum absolute atomic E-state index is 0.0462. The lowest BCUT2D eigenvalue weighted by Crippen LogP contribution is -2.45. The molecule has 172 valence electrons. The standard InChI is InChI=1S/C25H27N3O4S/c1-18(19-12-14-21(15-13-19)33(26,30)31)27(2)16-25(29)28-22-10-6-7-11-24(22)32-17-23(28)20-8-4-3-5-9-20/h3-15,18,23H,16-17H2,1-2H3,(H2,26,30,31)/t18-,23+/m0/s1. The first-order valence-electron chi connectivity index (χ1n) is 10.7. The number of carbonyl (C=O) groups excluding carboxylic acids is 1. The van der Waals surface area contributed by atoms with E-state index in [-0.39, 0.29) is 29.4 Å². The van der Waals surface area contributed by atoms with Gasteiger partial charge in [-0.1, -0.05) is 54.6 Å². The molecule has 2 atom stereocenters. The number of nitrogens with zero attached hydrogens (tertiary/aromatic N) is 2. The highest BCUT2D eigenvalue weighted by atomic mass is 32.2. The lowest BCUT2D eigenvalue weighted by atomic mass is 10.0. The number of anilines is 1. The number of sulfonamides is 1. The number of fused-ring (bicyclic) bond motifs is 1. The Labute approximate surface area is 194 Å². The largest absolute Gasteiger partial charge is 0.489 e. The molecule has 1 aliphatic heterocycles. The molecule has 1 amide bonds. The monoisotopic (exact) mass is 465 g/mol. The van der Waals surface area contributed by atoms with E-state index < -0.39 is 10.0 Å². The van der Waals surface area contributed by atoms with Gasteiger partial charge in [0.2, 0.25) is 15.9 Å². The summed E-state index contributed by atoms with van der Waals surface area (Å²) in [5, 5.41) is 5.19. The summed E-state index contributed by atoms with van der Waals surface area (Å²) in [5.74, 6) is 0.641. The van der Waals surface area contributed by atoms with Crippen molar-refractivity contribution in [3.63, 3.8) is 0 Å². The van der Waals surface area contributed by atoms with Crippen LogP contribution in [0.2, 0.25) is 0 Å². The van der Waals surface area contributed by atoms with E-state index >= 15 is 0 Å². The van der Waals surface area contributed by atoms with Gasteiger partial charge in [0.25, 0.3) is 0 Å². The summed E-state index contributed by atoms with van der Waals surface area (Å²) in [4.78, 5) is 17.4. The number of ether oxygens (including phenoxy) is 1. The molecule has 7 nitrogen and oxygen atoms in total. The Kier molecular flexibility index (Phi) is 6.51. The SMILES string of the molecule is C[C@@H](c1ccc(S(N)(=O)=O)cc1)N(C)CC(=O)N1c2ccccc2OC[C@@H]1c1ccccc1. The van der Waals surface area contributed by atoms with Crippen LogP contribution in [0.25, 0.3) is 0 Å². The van der Waals surface area contributed by atoms with Crippen LogP contribution in [0.15, 0.2) is 83.8 Å². The van der Waals surface area contributed by atoms with Gasteiger partial charge in [0, 0.05) is 6.04 Å². The second kappa shape index (κ2) is 9.35. The summed E-state index contributed by atoms with van der Waals surface area (Å²) in [5.41, 5.74) is 2.65. The maximum atomic E-state index is 13.6. The number of likely N-dealkylation sites (N-methyl/N-ethyl adjacent to an activating group) is 1. The molecule has 0 saturated heterocycles. The number of nitrogens with two attached hydrogens (primary N) is 1. The van der Waals surface area contributed by atoms with E-state index in [1.54, 1.807) is 12.1 Å². The van der Waals surface area contributed by atoms with Crippen LogP contribution in [-0.2, 0) is 14.8 Å². The predicted molar refractivity (Wildman–Crippen MR) is 127 cm³/mol. The molecule has 0 radical (unpaired) electrons. The van der Waals surface area contributed by atoms with Crippen LogP contribution in [0, 0.1) is 0 Å². The Morgan fingerprint density at radius 2 is 1.70 bits per heavy atom. The van der Waals surface area contributed by atoms with Gasteiger partial charge in [-0.3, -0.25) is 14.6 Å². The summed E-state index contributed by atoms with van der Waals surface area (Å²) in [6, 6.07) is 23.5. The lowest BCUT2D eigenvalue weighted by molar-refractivity contribution is -0.120. The Morgan fingerprint density at radius 3 is 2.36 bits per heavy atom. The molecule has 3 aromatic carbocycles. The zero-order chi connectivity index (χ0) is 23.6. The van der Waals surface area contributed by atoms with Gasteiger partial charge < -0.3 is 4.74 Å². The van der Waals surface area contributed by atoms with E-state index in [2.05, 4.69) is 0 Å². The molecule has 8 heteroatoms. The molecule has 0 unspecified atom stereocenters. The molecule has 0 spiro atoms. The topological polar surface area (TPSA) is 92.9 Å². The third-order valence-electron chi connectivity index (χ3n) is 6.02. The lowest BCUT2D eigenvalue weighted by Gasteiger charge is -2.38. The molecule has 4 rings (SSSR count). The van der Waals surface area contributed by atoms with Crippen molar-refractivity contribution in [2.24, 2.45) is 5.14 Å². The maximum Gasteiger partial charge on any atom is 0.241 e. The Morgan fingerprint density at radius 1 is 1.06 bits per heavy atom. The summed E-state index contributed by atoms with van der Waals surface area (Å²) in [6.07, 6.45) is 0. The van der Waals surface area contributed by atoms with Gasteiger partial charge in [0.1, 0.15) is 12.4 Å². The third kappa shape index (κ3) is 4.93. The predicted octanol–water partition coefficient (Wildman–Crippen LogP) is 3.49. The highest BCUT2D eigenvalue weighted by molar-refractivity contribution is 7.89. The maximum absolute atomic E-state index is 13.6. The second-order valence-electron chi connectivity index (χ2n) is 8.17. The number of hydrogen-bond acceptors (Lipinski definition) is 5. The first-order chi connectivity index (χ1) is 15.8. The summed E-state index contributed by atoms with van der Waals surface area (Å²) in [7, 11) is -1.87. The molecule has 1 heterocycles. The van der Waals surface area contributed by atoms with Crippen molar-refractivity contribution in [1.29, 1.82) is 0 Å². The number of amides is 1. The quantitative estimate of drug-likeness (QED) is 0.602. The normalized spacial score (nSPS) is 16.7. The van der Waals surface area contributed by atoms with Gasteiger partial charge >= 0.3 is 0 Å². The van der Waals surface area contributed by atoms with Crippen LogP contribution in [0.5, 0.6) is 5.75 Å². The molecule has 0 aliphatic carbocycles. The van der Waals surface area contributed by atoms with Crippen LogP contribution >= 0.6 is 0 Å². The third-order valence-corrected chi connectivity index (χ3v) is 6.95. The fourth-order valence-corrected chi connectivity index (χ4v) is 4.55.